The van der Waals surface area contributed by atoms with Crippen molar-refractivity contribution in [3.8, 4) is 0 Å². The van der Waals surface area contributed by atoms with E-state index in [4.69, 9.17) is 0 Å². The Kier molecular flexibility index (Phi) is 3.33. The maximum absolute atomic E-state index is 13.3. The molecule has 0 fully saturated rings. The van der Waals surface area contributed by atoms with Gasteiger partial charge in [0.05, 0.1) is 0 Å². The minimum Gasteiger partial charge on any atom is -0.378 e. The number of benzene rings is 2. The Morgan fingerprint density at radius 2 is 1.95 bits per heavy atom. The number of fused-ring (bicyclic) bond motifs is 1. The van der Waals surface area contributed by atoms with Crippen LogP contribution >= 0.6 is 0 Å². The van der Waals surface area contributed by atoms with Gasteiger partial charge in [-0.05, 0) is 42.1 Å². The maximum atomic E-state index is 13.3. The van der Waals surface area contributed by atoms with Gasteiger partial charge in [0.2, 0.25) is 0 Å². The van der Waals surface area contributed by atoms with Gasteiger partial charge in [-0.3, -0.25) is 4.98 Å². The molecule has 0 spiro atoms. The Morgan fingerprint density at radius 3 is 2.80 bits per heavy atom. The van der Waals surface area contributed by atoms with E-state index in [-0.39, 0.29) is 11.9 Å². The molecule has 1 N–H and O–H groups in total. The maximum Gasteiger partial charge on any atom is 0.123 e. The highest BCUT2D eigenvalue weighted by Gasteiger charge is 2.08. The summed E-state index contributed by atoms with van der Waals surface area (Å²) in [7, 11) is 0. The Hall–Kier alpha value is -2.42. The molecular weight excluding hydrogens is 251 g/mol. The van der Waals surface area contributed by atoms with E-state index in [2.05, 4.69) is 16.4 Å². The average Bonchev–Trinajstić information content (AvgIpc) is 2.47. The SMILES string of the molecule is CC(Nc1cccc2ccncc12)c1cccc(F)c1. The van der Waals surface area contributed by atoms with Crippen LogP contribution < -0.4 is 5.32 Å². The largest absolute Gasteiger partial charge is 0.378 e. The molecule has 1 unspecified atom stereocenters. The molecule has 2 nitrogen and oxygen atoms in total. The smallest absolute Gasteiger partial charge is 0.123 e. The number of nitrogens with zero attached hydrogens (tertiary/aromatic N) is 1. The van der Waals surface area contributed by atoms with Crippen LogP contribution in [0.3, 0.4) is 0 Å². The Morgan fingerprint density at radius 1 is 1.10 bits per heavy atom. The van der Waals surface area contributed by atoms with Gasteiger partial charge in [0.25, 0.3) is 0 Å². The first-order valence-electron chi connectivity index (χ1n) is 6.59. The van der Waals surface area contributed by atoms with Gasteiger partial charge < -0.3 is 5.32 Å². The van der Waals surface area contributed by atoms with Gasteiger partial charge in [0, 0.05) is 29.5 Å². The molecule has 0 aliphatic heterocycles. The van der Waals surface area contributed by atoms with Crippen LogP contribution in [0.1, 0.15) is 18.5 Å². The van der Waals surface area contributed by atoms with Crippen LogP contribution in [0, 0.1) is 5.82 Å². The van der Waals surface area contributed by atoms with E-state index < -0.39 is 0 Å². The van der Waals surface area contributed by atoms with E-state index in [1.165, 1.54) is 6.07 Å². The van der Waals surface area contributed by atoms with Crippen LogP contribution in [0.25, 0.3) is 10.8 Å². The highest BCUT2D eigenvalue weighted by atomic mass is 19.1. The van der Waals surface area contributed by atoms with E-state index in [9.17, 15) is 4.39 Å². The number of halogens is 1. The summed E-state index contributed by atoms with van der Waals surface area (Å²) in [5.41, 5.74) is 1.93. The lowest BCUT2D eigenvalue weighted by molar-refractivity contribution is 0.623. The fraction of sp³-hybridized carbons (Fsp3) is 0.118. The number of aromatic nitrogens is 1. The van der Waals surface area contributed by atoms with E-state index in [1.807, 2.05) is 37.4 Å². The first-order valence-corrected chi connectivity index (χ1v) is 6.59. The first-order chi connectivity index (χ1) is 9.74. The predicted molar refractivity (Wildman–Crippen MR) is 80.2 cm³/mol. The van der Waals surface area contributed by atoms with Crippen LogP contribution in [0.2, 0.25) is 0 Å². The molecule has 0 aliphatic rings. The lowest BCUT2D eigenvalue weighted by Gasteiger charge is -2.17. The second-order valence-electron chi connectivity index (χ2n) is 4.82. The number of rotatable bonds is 3. The standard InChI is InChI=1S/C17H15FN2/c1-12(14-5-2-6-15(18)10-14)20-17-7-3-4-13-8-9-19-11-16(13)17/h2-12,20H,1H3. The van der Waals surface area contributed by atoms with Crippen LogP contribution in [0.5, 0.6) is 0 Å². The fourth-order valence-corrected chi connectivity index (χ4v) is 2.33. The summed E-state index contributed by atoms with van der Waals surface area (Å²) in [6.45, 7) is 2.02. The summed E-state index contributed by atoms with van der Waals surface area (Å²) < 4.78 is 13.3. The molecule has 3 heteroatoms. The first kappa shape index (κ1) is 12.6. The highest BCUT2D eigenvalue weighted by Crippen LogP contribution is 2.26. The molecule has 0 radical (unpaired) electrons. The minimum absolute atomic E-state index is 0.0245. The van der Waals surface area contributed by atoms with Crippen molar-refractivity contribution in [2.45, 2.75) is 13.0 Å². The normalized spacial score (nSPS) is 12.3. The van der Waals surface area contributed by atoms with Crippen molar-refractivity contribution in [2.24, 2.45) is 0 Å². The number of nitrogens with one attached hydrogen (secondary N) is 1. The van der Waals surface area contributed by atoms with Crippen molar-refractivity contribution >= 4 is 16.5 Å². The summed E-state index contributed by atoms with van der Waals surface area (Å²) >= 11 is 0. The second-order valence-corrected chi connectivity index (χ2v) is 4.82. The molecule has 0 amide bonds. The summed E-state index contributed by atoms with van der Waals surface area (Å²) in [4.78, 5) is 4.17. The molecule has 1 atom stereocenters. The molecular formula is C17H15FN2. The van der Waals surface area contributed by atoms with Crippen molar-refractivity contribution in [3.63, 3.8) is 0 Å². The zero-order valence-electron chi connectivity index (χ0n) is 11.2. The lowest BCUT2D eigenvalue weighted by Crippen LogP contribution is -2.07. The Balaban J connectivity index is 1.93. The highest BCUT2D eigenvalue weighted by molar-refractivity contribution is 5.93. The van der Waals surface area contributed by atoms with Crippen molar-refractivity contribution in [3.05, 3.63) is 72.3 Å². The summed E-state index contributed by atoms with van der Waals surface area (Å²) in [5.74, 6) is -0.212. The monoisotopic (exact) mass is 266 g/mol. The molecule has 0 aliphatic carbocycles. The zero-order valence-corrected chi connectivity index (χ0v) is 11.2. The van der Waals surface area contributed by atoms with Crippen LogP contribution in [0.4, 0.5) is 10.1 Å². The quantitative estimate of drug-likeness (QED) is 0.752. The summed E-state index contributed by atoms with van der Waals surface area (Å²) in [6, 6.07) is 14.7. The predicted octanol–water partition coefficient (Wildman–Crippen LogP) is 4.55. The minimum atomic E-state index is -0.212. The fourth-order valence-electron chi connectivity index (χ4n) is 2.33. The molecule has 3 rings (SSSR count). The lowest BCUT2D eigenvalue weighted by atomic mass is 10.1. The van der Waals surface area contributed by atoms with Crippen molar-refractivity contribution in [1.82, 2.24) is 4.98 Å². The van der Waals surface area contributed by atoms with E-state index in [0.29, 0.717) is 0 Å². The molecule has 2 aromatic carbocycles. The third kappa shape index (κ3) is 2.48. The molecule has 0 bridgehead atoms. The van der Waals surface area contributed by atoms with E-state index in [1.54, 1.807) is 18.3 Å². The average molecular weight is 266 g/mol. The van der Waals surface area contributed by atoms with Crippen molar-refractivity contribution in [2.75, 3.05) is 5.32 Å². The number of anilines is 1. The van der Waals surface area contributed by atoms with Gasteiger partial charge in [-0.2, -0.15) is 0 Å². The van der Waals surface area contributed by atoms with Gasteiger partial charge in [-0.25, -0.2) is 4.39 Å². The molecule has 1 aromatic heterocycles. The van der Waals surface area contributed by atoms with Gasteiger partial charge in [0.15, 0.2) is 0 Å². The molecule has 1 heterocycles. The molecule has 20 heavy (non-hydrogen) atoms. The van der Waals surface area contributed by atoms with Crippen molar-refractivity contribution < 1.29 is 4.39 Å². The van der Waals surface area contributed by atoms with Crippen LogP contribution in [0.15, 0.2) is 60.9 Å². The summed E-state index contributed by atoms with van der Waals surface area (Å²) in [5, 5.41) is 5.63. The molecule has 100 valence electrons. The number of pyridine rings is 1. The molecule has 0 saturated heterocycles. The van der Waals surface area contributed by atoms with E-state index >= 15 is 0 Å². The second kappa shape index (κ2) is 5.29. The Bertz CT molecular complexity index is 734. The topological polar surface area (TPSA) is 24.9 Å². The molecule has 3 aromatic rings. The van der Waals surface area contributed by atoms with Gasteiger partial charge in [0.1, 0.15) is 5.82 Å². The Labute approximate surface area is 117 Å². The third-order valence-electron chi connectivity index (χ3n) is 3.40. The third-order valence-corrected chi connectivity index (χ3v) is 3.40. The molecule has 0 saturated carbocycles. The van der Waals surface area contributed by atoms with Gasteiger partial charge in [-0.1, -0.05) is 24.3 Å². The van der Waals surface area contributed by atoms with Gasteiger partial charge >= 0.3 is 0 Å². The number of hydrogen-bond acceptors (Lipinski definition) is 2. The van der Waals surface area contributed by atoms with Gasteiger partial charge in [-0.15, -0.1) is 0 Å². The van der Waals surface area contributed by atoms with Crippen LogP contribution in [-0.2, 0) is 0 Å². The summed E-state index contributed by atoms with van der Waals surface area (Å²) in [6.07, 6.45) is 3.62. The van der Waals surface area contributed by atoms with E-state index in [0.717, 1.165) is 22.0 Å². The zero-order chi connectivity index (χ0) is 13.9. The van der Waals surface area contributed by atoms with Crippen molar-refractivity contribution in [1.29, 1.82) is 0 Å². The number of hydrogen-bond donors (Lipinski definition) is 1. The van der Waals surface area contributed by atoms with Crippen LogP contribution in [-0.4, -0.2) is 4.98 Å².